The van der Waals surface area contributed by atoms with Gasteiger partial charge in [0, 0.05) is 5.41 Å². The van der Waals surface area contributed by atoms with Gasteiger partial charge in [0.2, 0.25) is 17.7 Å². The van der Waals surface area contributed by atoms with Crippen LogP contribution in [-0.2, 0) is 0 Å². The highest BCUT2D eigenvalue weighted by Gasteiger charge is 2.39. The van der Waals surface area contributed by atoms with E-state index in [0.29, 0.717) is 0 Å². The minimum Gasteiger partial charge on any atom is -0.343 e. The van der Waals surface area contributed by atoms with Crippen LogP contribution in [0.1, 0.15) is 45.9 Å². The van der Waals surface area contributed by atoms with E-state index in [2.05, 4.69) is 26.8 Å². The summed E-state index contributed by atoms with van der Waals surface area (Å²) < 4.78 is 76.4. The molecule has 1 aromatic heterocycles. The van der Waals surface area contributed by atoms with Crippen molar-refractivity contribution < 1.29 is 26.3 Å². The number of halogens is 6. The van der Waals surface area contributed by atoms with Gasteiger partial charge < -0.3 is 10.6 Å². The molecule has 1 heterocycles. The zero-order valence-electron chi connectivity index (χ0n) is 14.9. The molecule has 0 bridgehead atoms. The fraction of sp³-hybridized carbons (Fsp3) is 0.688. The summed E-state index contributed by atoms with van der Waals surface area (Å²) in [6.07, 6.45) is -6.60. The van der Waals surface area contributed by atoms with E-state index in [9.17, 15) is 26.3 Å². The van der Waals surface area contributed by atoms with E-state index in [1.165, 1.54) is 0 Å². The Labute approximate surface area is 152 Å². The van der Waals surface area contributed by atoms with Gasteiger partial charge in [-0.25, -0.2) is 0 Å². The van der Waals surface area contributed by atoms with E-state index in [0.717, 1.165) is 33.1 Å². The second-order valence-electron chi connectivity index (χ2n) is 6.51. The molecule has 27 heavy (non-hydrogen) atoms. The lowest BCUT2D eigenvalue weighted by molar-refractivity contribution is -0.139. The number of rotatable bonds is 5. The van der Waals surface area contributed by atoms with Crippen molar-refractivity contribution in [3.8, 4) is 11.8 Å². The maximum Gasteiger partial charge on any atom is 0.408 e. The average molecular weight is 395 g/mol. The van der Waals surface area contributed by atoms with Crippen LogP contribution < -0.4 is 10.6 Å². The maximum absolute atomic E-state index is 12.7. The van der Waals surface area contributed by atoms with Crippen LogP contribution in [0.4, 0.5) is 38.2 Å². The van der Waals surface area contributed by atoms with Crippen LogP contribution in [0.2, 0.25) is 0 Å². The van der Waals surface area contributed by atoms with Gasteiger partial charge >= 0.3 is 12.4 Å². The fourth-order valence-electron chi connectivity index (χ4n) is 2.02. The number of hydrogen-bond donors (Lipinski definition) is 2. The first-order valence-electron chi connectivity index (χ1n) is 8.30. The molecule has 0 spiro atoms. The van der Waals surface area contributed by atoms with Crippen molar-refractivity contribution in [3.63, 3.8) is 0 Å². The normalized spacial score (nSPS) is 18.1. The number of nitrogens with one attached hydrogen (secondary N) is 2. The summed E-state index contributed by atoms with van der Waals surface area (Å²) in [4.78, 5) is 11.2. The van der Waals surface area contributed by atoms with Gasteiger partial charge in [-0.15, -0.1) is 0 Å². The molecule has 1 aliphatic rings. The molecule has 150 valence electrons. The second-order valence-corrected chi connectivity index (χ2v) is 6.51. The van der Waals surface area contributed by atoms with Crippen molar-refractivity contribution in [2.75, 3.05) is 10.6 Å². The first-order chi connectivity index (χ1) is 12.3. The molecule has 0 unspecified atom stereocenters. The van der Waals surface area contributed by atoms with Gasteiger partial charge in [0.1, 0.15) is 12.1 Å². The van der Waals surface area contributed by atoms with Crippen LogP contribution in [0.5, 0.6) is 0 Å². The van der Waals surface area contributed by atoms with Crippen molar-refractivity contribution in [2.45, 2.75) is 64.5 Å². The van der Waals surface area contributed by atoms with Crippen LogP contribution in [0.25, 0.3) is 0 Å². The molecule has 1 fully saturated rings. The molecule has 0 saturated heterocycles. The predicted octanol–water partition coefficient (Wildman–Crippen LogP) is 4.14. The third-order valence-corrected chi connectivity index (χ3v) is 4.28. The predicted molar refractivity (Wildman–Crippen MR) is 86.9 cm³/mol. The molecule has 0 aliphatic heterocycles. The van der Waals surface area contributed by atoms with Gasteiger partial charge in [-0.2, -0.15) is 41.3 Å². The molecule has 0 amide bonds. The van der Waals surface area contributed by atoms with Crippen molar-refractivity contribution in [1.82, 2.24) is 15.0 Å². The summed E-state index contributed by atoms with van der Waals surface area (Å²) in [5, 5.41) is 4.05. The number of nitrogens with zero attached hydrogens (tertiary/aromatic N) is 3. The fourth-order valence-corrected chi connectivity index (χ4v) is 2.02. The van der Waals surface area contributed by atoms with E-state index in [1.54, 1.807) is 0 Å². The molecule has 2 N–H and O–H groups in total. The average Bonchev–Trinajstić information content (AvgIpc) is 3.31. The SMILES string of the molecule is CCC1(C#Cc2nc(N[C@H](C)C(F)(F)F)nc(N[C@H](C)C(F)(F)F)n2)CC1. The topological polar surface area (TPSA) is 62.7 Å². The van der Waals surface area contributed by atoms with Gasteiger partial charge in [0.25, 0.3) is 0 Å². The van der Waals surface area contributed by atoms with E-state index in [1.807, 2.05) is 17.6 Å². The Balaban J connectivity index is 2.32. The second kappa shape index (κ2) is 7.40. The zero-order valence-corrected chi connectivity index (χ0v) is 14.9. The number of alkyl halides is 6. The first-order valence-corrected chi connectivity index (χ1v) is 8.30. The molecule has 1 saturated carbocycles. The molecule has 0 radical (unpaired) electrons. The highest BCUT2D eigenvalue weighted by molar-refractivity contribution is 5.40. The summed E-state index contributed by atoms with van der Waals surface area (Å²) in [5.41, 5.74) is -0.174. The minimum absolute atomic E-state index is 0.174. The lowest BCUT2D eigenvalue weighted by Gasteiger charge is -2.19. The van der Waals surface area contributed by atoms with Crippen LogP contribution in [-0.4, -0.2) is 39.4 Å². The molecular weight excluding hydrogens is 376 g/mol. The van der Waals surface area contributed by atoms with Crippen molar-refractivity contribution in [3.05, 3.63) is 5.82 Å². The number of aromatic nitrogens is 3. The molecule has 1 aliphatic carbocycles. The summed E-state index contributed by atoms with van der Waals surface area (Å²) >= 11 is 0. The zero-order chi connectivity index (χ0) is 20.5. The van der Waals surface area contributed by atoms with E-state index < -0.39 is 36.3 Å². The van der Waals surface area contributed by atoms with E-state index in [-0.39, 0.29) is 11.2 Å². The highest BCUT2D eigenvalue weighted by Crippen LogP contribution is 2.47. The standard InChI is InChI=1S/C16H19F6N5/c1-4-14(7-8-14)6-5-11-25-12(23-9(2)15(17,18)19)27-13(26-11)24-10(3)16(20,21)22/h9-10H,4,7-8H2,1-3H3,(H2,23,24,25,26,27)/t9-,10-/m1/s1. The van der Waals surface area contributed by atoms with Gasteiger partial charge in [-0.1, -0.05) is 12.8 Å². The monoisotopic (exact) mass is 395 g/mol. The minimum atomic E-state index is -4.58. The lowest BCUT2D eigenvalue weighted by Crippen LogP contribution is -2.35. The highest BCUT2D eigenvalue weighted by atomic mass is 19.4. The summed E-state index contributed by atoms with van der Waals surface area (Å²) in [6.45, 7) is 3.64. The third-order valence-electron chi connectivity index (χ3n) is 4.28. The van der Waals surface area contributed by atoms with Crippen LogP contribution in [0.15, 0.2) is 0 Å². The Morgan fingerprint density at radius 3 is 1.70 bits per heavy atom. The van der Waals surface area contributed by atoms with E-state index in [4.69, 9.17) is 0 Å². The van der Waals surface area contributed by atoms with Crippen molar-refractivity contribution >= 4 is 11.9 Å². The molecule has 5 nitrogen and oxygen atoms in total. The Kier molecular flexibility index (Phi) is 5.77. The third kappa shape index (κ3) is 5.87. The van der Waals surface area contributed by atoms with Crippen molar-refractivity contribution in [2.24, 2.45) is 5.41 Å². The van der Waals surface area contributed by atoms with Gasteiger partial charge in [-0.3, -0.25) is 0 Å². The molecule has 2 atom stereocenters. The summed E-state index contributed by atoms with van der Waals surface area (Å²) in [6, 6.07) is -4.00. The Bertz CT molecular complexity index is 689. The van der Waals surface area contributed by atoms with Crippen LogP contribution in [0.3, 0.4) is 0 Å². The van der Waals surface area contributed by atoms with Gasteiger partial charge in [-0.05, 0) is 39.0 Å². The molecule has 0 aromatic carbocycles. The van der Waals surface area contributed by atoms with Crippen LogP contribution in [0, 0.1) is 17.3 Å². The molecule has 11 heteroatoms. The smallest absolute Gasteiger partial charge is 0.343 e. The largest absolute Gasteiger partial charge is 0.408 e. The summed E-state index contributed by atoms with van der Waals surface area (Å²) in [5.74, 6) is 4.40. The number of anilines is 2. The Morgan fingerprint density at radius 1 is 0.926 bits per heavy atom. The Hall–Kier alpha value is -2.25. The maximum atomic E-state index is 12.7. The van der Waals surface area contributed by atoms with Crippen molar-refractivity contribution in [1.29, 1.82) is 0 Å². The Morgan fingerprint density at radius 2 is 1.37 bits per heavy atom. The summed E-state index contributed by atoms with van der Waals surface area (Å²) in [7, 11) is 0. The molecular formula is C16H19F6N5. The molecule has 2 rings (SSSR count). The van der Waals surface area contributed by atoms with E-state index >= 15 is 0 Å². The van der Waals surface area contributed by atoms with Gasteiger partial charge in [0.05, 0.1) is 0 Å². The number of hydrogen-bond acceptors (Lipinski definition) is 5. The van der Waals surface area contributed by atoms with Gasteiger partial charge in [0.15, 0.2) is 0 Å². The van der Waals surface area contributed by atoms with Crippen LogP contribution >= 0.6 is 0 Å². The lowest BCUT2D eigenvalue weighted by atomic mass is 10.1. The molecule has 1 aromatic rings. The quantitative estimate of drug-likeness (QED) is 0.580. The first kappa shape index (κ1) is 21.1.